The highest BCUT2D eigenvalue weighted by molar-refractivity contribution is 5.37. The highest BCUT2D eigenvalue weighted by Crippen LogP contribution is 2.28. The number of para-hydroxylation sites is 1. The van der Waals surface area contributed by atoms with Crippen LogP contribution in [-0.4, -0.2) is 37.2 Å². The highest BCUT2D eigenvalue weighted by atomic mass is 16.5. The lowest BCUT2D eigenvalue weighted by Crippen LogP contribution is -2.36. The Kier molecular flexibility index (Phi) is 5.02. The lowest BCUT2D eigenvalue weighted by atomic mass is 10.1. The number of benzene rings is 1. The molecule has 1 atom stereocenters. The van der Waals surface area contributed by atoms with E-state index in [1.54, 1.807) is 0 Å². The lowest BCUT2D eigenvalue weighted by molar-refractivity contribution is 0.149. The Balaban J connectivity index is 1.86. The van der Waals surface area contributed by atoms with Gasteiger partial charge in [-0.05, 0) is 44.1 Å². The van der Waals surface area contributed by atoms with Crippen LogP contribution in [0.5, 0.6) is 5.75 Å². The van der Waals surface area contributed by atoms with Gasteiger partial charge in [0, 0.05) is 13.0 Å². The number of nitrogens with zero attached hydrogens (tertiary/aromatic N) is 1. The third-order valence-corrected chi connectivity index (χ3v) is 3.39. The molecule has 0 aliphatic carbocycles. The van der Waals surface area contributed by atoms with Crippen molar-refractivity contribution >= 4 is 0 Å². The van der Waals surface area contributed by atoms with E-state index in [1.165, 1.54) is 12.0 Å². The SMILES string of the molecule is CCCN(CCCN)CC1Cc2ccccc2O1. The Morgan fingerprint density at radius 2 is 2.17 bits per heavy atom. The van der Waals surface area contributed by atoms with Gasteiger partial charge in [0.2, 0.25) is 0 Å². The van der Waals surface area contributed by atoms with Crippen molar-refractivity contribution in [1.82, 2.24) is 4.90 Å². The molecular weight excluding hydrogens is 224 g/mol. The Labute approximate surface area is 110 Å². The van der Waals surface area contributed by atoms with E-state index in [0.29, 0.717) is 6.10 Å². The van der Waals surface area contributed by atoms with Gasteiger partial charge in [-0.2, -0.15) is 0 Å². The van der Waals surface area contributed by atoms with Crippen LogP contribution in [0.15, 0.2) is 24.3 Å². The molecule has 0 saturated carbocycles. The van der Waals surface area contributed by atoms with Gasteiger partial charge in [0.05, 0.1) is 0 Å². The first-order valence-electron chi connectivity index (χ1n) is 7.00. The number of hydrogen-bond donors (Lipinski definition) is 1. The van der Waals surface area contributed by atoms with Gasteiger partial charge in [0.15, 0.2) is 0 Å². The summed E-state index contributed by atoms with van der Waals surface area (Å²) in [6, 6.07) is 8.36. The van der Waals surface area contributed by atoms with Crippen molar-refractivity contribution in [3.8, 4) is 5.75 Å². The summed E-state index contributed by atoms with van der Waals surface area (Å²) in [5, 5.41) is 0. The molecule has 3 nitrogen and oxygen atoms in total. The first-order valence-corrected chi connectivity index (χ1v) is 7.00. The molecule has 1 unspecified atom stereocenters. The van der Waals surface area contributed by atoms with Crippen molar-refractivity contribution in [3.05, 3.63) is 29.8 Å². The number of fused-ring (bicyclic) bond motifs is 1. The predicted molar refractivity (Wildman–Crippen MR) is 75.0 cm³/mol. The van der Waals surface area contributed by atoms with Gasteiger partial charge in [-0.15, -0.1) is 0 Å². The van der Waals surface area contributed by atoms with E-state index < -0.39 is 0 Å². The molecule has 2 N–H and O–H groups in total. The monoisotopic (exact) mass is 248 g/mol. The average molecular weight is 248 g/mol. The van der Waals surface area contributed by atoms with Crippen LogP contribution >= 0.6 is 0 Å². The Morgan fingerprint density at radius 1 is 1.33 bits per heavy atom. The van der Waals surface area contributed by atoms with Crippen LogP contribution < -0.4 is 10.5 Å². The summed E-state index contributed by atoms with van der Waals surface area (Å²) in [4.78, 5) is 2.48. The molecule has 0 fully saturated rings. The van der Waals surface area contributed by atoms with Gasteiger partial charge in [-0.1, -0.05) is 25.1 Å². The zero-order valence-electron chi connectivity index (χ0n) is 11.3. The number of nitrogens with two attached hydrogens (primary N) is 1. The summed E-state index contributed by atoms with van der Waals surface area (Å²) in [5.74, 6) is 1.07. The smallest absolute Gasteiger partial charge is 0.123 e. The summed E-state index contributed by atoms with van der Waals surface area (Å²) in [6.07, 6.45) is 3.61. The molecule has 3 heteroatoms. The minimum Gasteiger partial charge on any atom is -0.488 e. The lowest BCUT2D eigenvalue weighted by Gasteiger charge is -2.24. The van der Waals surface area contributed by atoms with Crippen molar-refractivity contribution in [3.63, 3.8) is 0 Å². The molecule has 1 heterocycles. The van der Waals surface area contributed by atoms with E-state index in [9.17, 15) is 0 Å². The molecule has 0 amide bonds. The minimum absolute atomic E-state index is 0.312. The Bertz CT molecular complexity index is 342. The van der Waals surface area contributed by atoms with Gasteiger partial charge in [-0.3, -0.25) is 4.90 Å². The number of hydrogen-bond acceptors (Lipinski definition) is 3. The molecule has 1 aromatic carbocycles. The second-order valence-corrected chi connectivity index (χ2v) is 4.99. The topological polar surface area (TPSA) is 38.5 Å². The maximum Gasteiger partial charge on any atom is 0.123 e. The maximum atomic E-state index is 5.99. The van der Waals surface area contributed by atoms with Gasteiger partial charge in [-0.25, -0.2) is 0 Å². The Morgan fingerprint density at radius 3 is 2.89 bits per heavy atom. The first kappa shape index (κ1) is 13.4. The van der Waals surface area contributed by atoms with Gasteiger partial charge in [0.1, 0.15) is 11.9 Å². The fourth-order valence-electron chi connectivity index (χ4n) is 2.57. The van der Waals surface area contributed by atoms with Gasteiger partial charge >= 0.3 is 0 Å². The van der Waals surface area contributed by atoms with Crippen LogP contribution in [-0.2, 0) is 6.42 Å². The molecule has 0 aromatic heterocycles. The molecular formula is C15H24N2O. The van der Waals surface area contributed by atoms with Crippen molar-refractivity contribution in [2.45, 2.75) is 32.3 Å². The molecule has 1 aromatic rings. The van der Waals surface area contributed by atoms with Crippen molar-refractivity contribution in [2.24, 2.45) is 5.73 Å². The molecule has 0 bridgehead atoms. The van der Waals surface area contributed by atoms with Crippen molar-refractivity contribution in [2.75, 3.05) is 26.2 Å². The summed E-state index contributed by atoms with van der Waals surface area (Å²) >= 11 is 0. The fourth-order valence-corrected chi connectivity index (χ4v) is 2.57. The van der Waals surface area contributed by atoms with E-state index in [4.69, 9.17) is 10.5 Å². The van der Waals surface area contributed by atoms with Crippen LogP contribution in [0, 0.1) is 0 Å². The Hall–Kier alpha value is -1.06. The quantitative estimate of drug-likeness (QED) is 0.802. The van der Waals surface area contributed by atoms with Crippen LogP contribution in [0.4, 0.5) is 0 Å². The largest absolute Gasteiger partial charge is 0.488 e. The van der Waals surface area contributed by atoms with Gasteiger partial charge < -0.3 is 10.5 Å². The standard InChI is InChI=1S/C15H24N2O/c1-2-9-17(10-5-8-16)12-14-11-13-6-3-4-7-15(13)18-14/h3-4,6-7,14H,2,5,8-12,16H2,1H3. The molecule has 1 aliphatic rings. The van der Waals surface area contributed by atoms with E-state index in [1.807, 2.05) is 6.07 Å². The molecule has 0 spiro atoms. The van der Waals surface area contributed by atoms with E-state index in [-0.39, 0.29) is 0 Å². The molecule has 2 rings (SSSR count). The summed E-state index contributed by atoms with van der Waals surface area (Å²) in [5.41, 5.74) is 6.94. The van der Waals surface area contributed by atoms with Crippen molar-refractivity contribution in [1.29, 1.82) is 0 Å². The van der Waals surface area contributed by atoms with Gasteiger partial charge in [0.25, 0.3) is 0 Å². The normalized spacial score (nSPS) is 17.8. The van der Waals surface area contributed by atoms with E-state index in [0.717, 1.165) is 44.8 Å². The zero-order valence-corrected chi connectivity index (χ0v) is 11.3. The second kappa shape index (κ2) is 6.76. The van der Waals surface area contributed by atoms with Crippen LogP contribution in [0.1, 0.15) is 25.3 Å². The molecule has 0 radical (unpaired) electrons. The number of ether oxygens (including phenoxy) is 1. The van der Waals surface area contributed by atoms with E-state index >= 15 is 0 Å². The highest BCUT2D eigenvalue weighted by Gasteiger charge is 2.23. The summed E-state index contributed by atoms with van der Waals surface area (Å²) in [6.45, 7) is 6.23. The molecule has 100 valence electrons. The summed E-state index contributed by atoms with van der Waals surface area (Å²) < 4.78 is 5.99. The van der Waals surface area contributed by atoms with Crippen molar-refractivity contribution < 1.29 is 4.74 Å². The summed E-state index contributed by atoms with van der Waals surface area (Å²) in [7, 11) is 0. The van der Waals surface area contributed by atoms with Crippen LogP contribution in [0.2, 0.25) is 0 Å². The van der Waals surface area contributed by atoms with Crippen LogP contribution in [0.25, 0.3) is 0 Å². The van der Waals surface area contributed by atoms with E-state index in [2.05, 4.69) is 30.0 Å². The molecule has 18 heavy (non-hydrogen) atoms. The van der Waals surface area contributed by atoms with Crippen LogP contribution in [0.3, 0.4) is 0 Å². The fraction of sp³-hybridized carbons (Fsp3) is 0.600. The molecule has 1 aliphatic heterocycles. The number of rotatable bonds is 7. The zero-order chi connectivity index (χ0) is 12.8. The predicted octanol–water partition coefficient (Wildman–Crippen LogP) is 2.05. The maximum absolute atomic E-state index is 5.99. The third kappa shape index (κ3) is 3.47. The minimum atomic E-state index is 0.312. The second-order valence-electron chi connectivity index (χ2n) is 4.99. The first-order chi connectivity index (χ1) is 8.83. The average Bonchev–Trinajstić information content (AvgIpc) is 2.78. The third-order valence-electron chi connectivity index (χ3n) is 3.39. The molecule has 0 saturated heterocycles.